The highest BCUT2D eigenvalue weighted by atomic mass is 32.2. The van der Waals surface area contributed by atoms with Crippen molar-refractivity contribution in [3.63, 3.8) is 0 Å². The number of nitrogens with zero attached hydrogens (tertiary/aromatic N) is 4. The molecule has 3 aromatic rings. The van der Waals surface area contributed by atoms with Crippen LogP contribution in [0.3, 0.4) is 0 Å². The van der Waals surface area contributed by atoms with Gasteiger partial charge < -0.3 is 15.0 Å². The third kappa shape index (κ3) is 5.51. The van der Waals surface area contributed by atoms with Crippen LogP contribution in [-0.2, 0) is 9.53 Å². The Morgan fingerprint density at radius 3 is 2.48 bits per heavy atom. The van der Waals surface area contributed by atoms with E-state index in [9.17, 15) is 13.6 Å². The average Bonchev–Trinajstić information content (AvgIpc) is 3.23. The van der Waals surface area contributed by atoms with Gasteiger partial charge in [-0.2, -0.15) is 0 Å². The Kier molecular flexibility index (Phi) is 7.24. The molecule has 0 bridgehead atoms. The number of thioether (sulfide) groups is 1. The minimum absolute atomic E-state index is 0.196. The second kappa shape index (κ2) is 10.3. The number of carbonyl (C=O) groups is 1. The topological polar surface area (TPSA) is 72.3 Å². The Labute approximate surface area is 195 Å². The number of hydrogen-bond donors (Lipinski definition) is 1. The number of anilines is 1. The highest BCUT2D eigenvalue weighted by molar-refractivity contribution is 8.00. The molecule has 0 aliphatic carbocycles. The van der Waals surface area contributed by atoms with Gasteiger partial charge in [0.25, 0.3) is 0 Å². The first-order chi connectivity index (χ1) is 15.9. The number of ether oxygens (including phenoxy) is 1. The maximum atomic E-state index is 14.0. The van der Waals surface area contributed by atoms with E-state index in [-0.39, 0.29) is 23.6 Å². The minimum atomic E-state index is -0.498. The van der Waals surface area contributed by atoms with Crippen LogP contribution in [0.15, 0.2) is 53.7 Å². The van der Waals surface area contributed by atoms with Crippen LogP contribution >= 0.6 is 11.8 Å². The van der Waals surface area contributed by atoms with E-state index >= 15 is 0 Å². The Morgan fingerprint density at radius 2 is 1.79 bits per heavy atom. The van der Waals surface area contributed by atoms with Gasteiger partial charge in [-0.15, -0.1) is 10.2 Å². The lowest BCUT2D eigenvalue weighted by atomic mass is 10.1. The summed E-state index contributed by atoms with van der Waals surface area (Å²) in [6.07, 6.45) is 0. The molecular weight excluding hydrogens is 448 g/mol. The van der Waals surface area contributed by atoms with Crippen molar-refractivity contribution in [2.24, 2.45) is 0 Å². The van der Waals surface area contributed by atoms with E-state index in [2.05, 4.69) is 15.5 Å². The third-order valence-electron chi connectivity index (χ3n) is 5.36. The summed E-state index contributed by atoms with van der Waals surface area (Å²) < 4.78 is 34.4. The Bertz CT molecular complexity index is 1100. The molecule has 0 saturated carbocycles. The normalized spacial score (nSPS) is 15.8. The summed E-state index contributed by atoms with van der Waals surface area (Å²) in [6, 6.07) is 11.9. The van der Waals surface area contributed by atoms with Gasteiger partial charge in [0, 0.05) is 13.1 Å². The second-order valence-corrected chi connectivity index (χ2v) is 9.05. The highest BCUT2D eigenvalue weighted by Crippen LogP contribution is 2.30. The van der Waals surface area contributed by atoms with Gasteiger partial charge in [0.1, 0.15) is 11.6 Å². The van der Waals surface area contributed by atoms with Crippen LogP contribution in [0.4, 0.5) is 14.7 Å². The molecule has 2 heterocycles. The van der Waals surface area contributed by atoms with E-state index in [1.54, 1.807) is 35.8 Å². The van der Waals surface area contributed by atoms with E-state index in [0.717, 1.165) is 5.56 Å². The van der Waals surface area contributed by atoms with Crippen molar-refractivity contribution in [1.29, 1.82) is 0 Å². The molecule has 1 aliphatic heterocycles. The van der Waals surface area contributed by atoms with E-state index in [0.29, 0.717) is 43.1 Å². The monoisotopic (exact) mass is 473 g/mol. The van der Waals surface area contributed by atoms with Gasteiger partial charge in [0.15, 0.2) is 5.16 Å². The zero-order valence-electron chi connectivity index (χ0n) is 18.4. The first-order valence-electron chi connectivity index (χ1n) is 10.7. The first kappa shape index (κ1) is 23.2. The van der Waals surface area contributed by atoms with Crippen LogP contribution < -0.4 is 10.2 Å². The van der Waals surface area contributed by atoms with Crippen LogP contribution in [0.1, 0.15) is 25.5 Å². The average molecular weight is 474 g/mol. The van der Waals surface area contributed by atoms with Gasteiger partial charge >= 0.3 is 0 Å². The van der Waals surface area contributed by atoms with Gasteiger partial charge in [0.2, 0.25) is 11.9 Å². The summed E-state index contributed by atoms with van der Waals surface area (Å²) in [4.78, 5) is 14.9. The molecule has 1 N–H and O–H groups in total. The SMILES string of the molecule is C[C@H](Sc1nnc(N2CCOCC2)n1-c1cccc(F)c1)C(=O)N[C@H](C)c1ccc(F)cc1. The number of carbonyl (C=O) groups excluding carboxylic acids is 1. The molecule has 4 rings (SSSR count). The standard InChI is InChI=1S/C23H25F2N5O2S/c1-15(17-6-8-18(24)9-7-17)26-21(31)16(2)33-23-28-27-22(29-10-12-32-13-11-29)30(23)20-5-3-4-19(25)14-20/h3-9,14-16H,10-13H2,1-2H3,(H,26,31)/t15-,16+/m1/s1. The quantitative estimate of drug-likeness (QED) is 0.527. The van der Waals surface area contributed by atoms with E-state index in [4.69, 9.17) is 4.74 Å². The summed E-state index contributed by atoms with van der Waals surface area (Å²) in [5, 5.41) is 11.6. The number of benzene rings is 2. The summed E-state index contributed by atoms with van der Waals surface area (Å²) in [6.45, 7) is 6.04. The zero-order chi connectivity index (χ0) is 23.4. The van der Waals surface area contributed by atoms with Crippen LogP contribution in [0.2, 0.25) is 0 Å². The molecule has 0 radical (unpaired) electrons. The molecule has 1 amide bonds. The van der Waals surface area contributed by atoms with Crippen LogP contribution in [0, 0.1) is 11.6 Å². The van der Waals surface area contributed by atoms with Crippen molar-refractivity contribution in [2.45, 2.75) is 30.3 Å². The predicted molar refractivity (Wildman–Crippen MR) is 123 cm³/mol. The second-order valence-electron chi connectivity index (χ2n) is 7.74. The lowest BCUT2D eigenvalue weighted by molar-refractivity contribution is -0.120. The zero-order valence-corrected chi connectivity index (χ0v) is 19.2. The van der Waals surface area contributed by atoms with Gasteiger partial charge in [0.05, 0.1) is 30.2 Å². The van der Waals surface area contributed by atoms with Gasteiger partial charge in [-0.3, -0.25) is 9.36 Å². The Hall–Kier alpha value is -2.98. The minimum Gasteiger partial charge on any atom is -0.378 e. The van der Waals surface area contributed by atoms with Crippen molar-refractivity contribution in [3.8, 4) is 5.69 Å². The van der Waals surface area contributed by atoms with Gasteiger partial charge in [-0.1, -0.05) is 30.0 Å². The van der Waals surface area contributed by atoms with Crippen molar-refractivity contribution in [2.75, 3.05) is 31.2 Å². The predicted octanol–water partition coefficient (Wildman–Crippen LogP) is 3.74. The third-order valence-corrected chi connectivity index (χ3v) is 6.40. The van der Waals surface area contributed by atoms with E-state index < -0.39 is 5.25 Å². The molecule has 2 aromatic carbocycles. The molecule has 174 valence electrons. The van der Waals surface area contributed by atoms with Crippen LogP contribution in [0.25, 0.3) is 5.69 Å². The molecule has 1 aromatic heterocycles. The van der Waals surface area contributed by atoms with Gasteiger partial charge in [-0.25, -0.2) is 8.78 Å². The van der Waals surface area contributed by atoms with Crippen molar-refractivity contribution in [3.05, 3.63) is 65.7 Å². The van der Waals surface area contributed by atoms with E-state index in [1.807, 2.05) is 11.8 Å². The van der Waals surface area contributed by atoms with Crippen LogP contribution in [-0.4, -0.2) is 52.2 Å². The smallest absolute Gasteiger partial charge is 0.233 e. The van der Waals surface area contributed by atoms with Crippen molar-refractivity contribution < 1.29 is 18.3 Å². The number of morpholine rings is 1. The molecular formula is C23H25F2N5O2S. The number of hydrogen-bond acceptors (Lipinski definition) is 6. The molecule has 7 nitrogen and oxygen atoms in total. The number of rotatable bonds is 7. The summed E-state index contributed by atoms with van der Waals surface area (Å²) in [7, 11) is 0. The van der Waals surface area contributed by atoms with Crippen molar-refractivity contribution >= 4 is 23.6 Å². The largest absolute Gasteiger partial charge is 0.378 e. The fraction of sp³-hybridized carbons (Fsp3) is 0.348. The molecule has 1 aliphatic rings. The lowest BCUT2D eigenvalue weighted by Crippen LogP contribution is -2.38. The maximum Gasteiger partial charge on any atom is 0.233 e. The number of amides is 1. The molecule has 1 saturated heterocycles. The number of nitrogens with one attached hydrogen (secondary N) is 1. The first-order valence-corrected chi connectivity index (χ1v) is 11.6. The lowest BCUT2D eigenvalue weighted by Gasteiger charge is -2.28. The molecule has 1 fully saturated rings. The van der Waals surface area contributed by atoms with E-state index in [1.165, 1.54) is 36.0 Å². The molecule has 2 atom stereocenters. The summed E-state index contributed by atoms with van der Waals surface area (Å²) >= 11 is 1.24. The van der Waals surface area contributed by atoms with Crippen molar-refractivity contribution in [1.82, 2.24) is 20.1 Å². The van der Waals surface area contributed by atoms with Gasteiger partial charge in [-0.05, 0) is 49.7 Å². The summed E-state index contributed by atoms with van der Waals surface area (Å²) in [5.74, 6) is -0.310. The molecule has 0 unspecified atom stereocenters. The molecule has 33 heavy (non-hydrogen) atoms. The Balaban J connectivity index is 1.54. The summed E-state index contributed by atoms with van der Waals surface area (Å²) in [5.41, 5.74) is 1.38. The number of aromatic nitrogens is 3. The Morgan fingerprint density at radius 1 is 1.06 bits per heavy atom. The fourth-order valence-electron chi connectivity index (χ4n) is 3.53. The maximum absolute atomic E-state index is 14.0. The van der Waals surface area contributed by atoms with Crippen LogP contribution in [0.5, 0.6) is 0 Å². The highest BCUT2D eigenvalue weighted by Gasteiger charge is 2.25. The fourth-order valence-corrected chi connectivity index (χ4v) is 4.40. The molecule has 10 heteroatoms. The number of halogens is 2. The molecule has 0 spiro atoms.